The van der Waals surface area contributed by atoms with Crippen molar-refractivity contribution in [2.24, 2.45) is 5.92 Å². The highest BCUT2D eigenvalue weighted by atomic mass is 14.3. The Morgan fingerprint density at radius 1 is 0.786 bits per heavy atom. The third kappa shape index (κ3) is 5.49. The SMILES string of the molecule is CCCCCCC(CCC)CCCC1c2ccccc2Cc2ccc(C)cc21. The van der Waals surface area contributed by atoms with E-state index in [1.807, 2.05) is 0 Å². The molecule has 0 aliphatic heterocycles. The Morgan fingerprint density at radius 2 is 1.57 bits per heavy atom. The zero-order valence-corrected chi connectivity index (χ0v) is 18.5. The zero-order chi connectivity index (χ0) is 19.8. The minimum atomic E-state index is 0.599. The van der Waals surface area contributed by atoms with Crippen LogP contribution >= 0.6 is 0 Å². The lowest BCUT2D eigenvalue weighted by atomic mass is 9.75. The predicted molar refractivity (Wildman–Crippen MR) is 123 cm³/mol. The molecule has 0 fully saturated rings. The molecule has 2 atom stereocenters. The van der Waals surface area contributed by atoms with E-state index in [0.29, 0.717) is 5.92 Å². The van der Waals surface area contributed by atoms with Crippen molar-refractivity contribution in [1.82, 2.24) is 0 Å². The quantitative estimate of drug-likeness (QED) is 0.344. The minimum Gasteiger partial charge on any atom is -0.0654 e. The van der Waals surface area contributed by atoms with Crippen LogP contribution in [0.4, 0.5) is 0 Å². The fourth-order valence-corrected chi connectivity index (χ4v) is 5.23. The number of hydrogen-bond donors (Lipinski definition) is 0. The van der Waals surface area contributed by atoms with Gasteiger partial charge < -0.3 is 0 Å². The summed E-state index contributed by atoms with van der Waals surface area (Å²) in [5, 5.41) is 0. The van der Waals surface area contributed by atoms with Gasteiger partial charge in [0.05, 0.1) is 0 Å². The largest absolute Gasteiger partial charge is 0.0654 e. The van der Waals surface area contributed by atoms with Crippen LogP contribution in [0.1, 0.15) is 112 Å². The molecule has 28 heavy (non-hydrogen) atoms. The maximum absolute atomic E-state index is 2.46. The van der Waals surface area contributed by atoms with Crippen molar-refractivity contribution >= 4 is 0 Å². The maximum atomic E-state index is 2.46. The molecule has 0 spiro atoms. The van der Waals surface area contributed by atoms with Crippen molar-refractivity contribution in [3.8, 4) is 0 Å². The molecule has 0 saturated carbocycles. The van der Waals surface area contributed by atoms with E-state index in [1.54, 1.807) is 22.3 Å². The average Bonchev–Trinajstić information content (AvgIpc) is 2.71. The van der Waals surface area contributed by atoms with Gasteiger partial charge in [-0.15, -0.1) is 0 Å². The van der Waals surface area contributed by atoms with Crippen molar-refractivity contribution in [2.45, 2.75) is 97.3 Å². The minimum absolute atomic E-state index is 0.599. The van der Waals surface area contributed by atoms with Crippen molar-refractivity contribution < 1.29 is 0 Å². The van der Waals surface area contributed by atoms with Gasteiger partial charge in [-0.25, -0.2) is 0 Å². The summed E-state index contributed by atoms with van der Waals surface area (Å²) in [4.78, 5) is 0. The van der Waals surface area contributed by atoms with E-state index < -0.39 is 0 Å². The fraction of sp³-hybridized carbons (Fsp3) is 0.571. The molecule has 1 aliphatic rings. The molecule has 1 aliphatic carbocycles. The molecule has 3 rings (SSSR count). The highest BCUT2D eigenvalue weighted by Gasteiger charge is 2.25. The van der Waals surface area contributed by atoms with Crippen LogP contribution in [0.5, 0.6) is 0 Å². The second-order valence-electron chi connectivity index (χ2n) is 9.07. The summed E-state index contributed by atoms with van der Waals surface area (Å²) >= 11 is 0. The Bertz CT molecular complexity index is 727. The van der Waals surface area contributed by atoms with Crippen molar-refractivity contribution in [3.63, 3.8) is 0 Å². The van der Waals surface area contributed by atoms with Gasteiger partial charge in [-0.3, -0.25) is 0 Å². The lowest BCUT2D eigenvalue weighted by Crippen LogP contribution is -2.14. The number of fused-ring (bicyclic) bond motifs is 2. The Morgan fingerprint density at radius 3 is 2.39 bits per heavy atom. The third-order valence-electron chi connectivity index (χ3n) is 6.76. The molecule has 0 bridgehead atoms. The van der Waals surface area contributed by atoms with Gasteiger partial charge in [-0.1, -0.05) is 120 Å². The Balaban J connectivity index is 1.65. The molecule has 0 amide bonds. The van der Waals surface area contributed by atoms with E-state index >= 15 is 0 Å². The molecular weight excluding hydrogens is 336 g/mol. The number of unbranched alkanes of at least 4 members (excludes halogenated alkanes) is 3. The Labute approximate surface area is 173 Å². The van der Waals surface area contributed by atoms with Gasteiger partial charge >= 0.3 is 0 Å². The Hall–Kier alpha value is -1.56. The lowest BCUT2D eigenvalue weighted by molar-refractivity contribution is 0.378. The van der Waals surface area contributed by atoms with Crippen molar-refractivity contribution in [3.05, 3.63) is 70.3 Å². The van der Waals surface area contributed by atoms with Gasteiger partial charge in [0.2, 0.25) is 0 Å². The summed E-state index contributed by atoms with van der Waals surface area (Å²) in [5.74, 6) is 1.54. The lowest BCUT2D eigenvalue weighted by Gasteiger charge is -2.29. The summed E-state index contributed by atoms with van der Waals surface area (Å²) < 4.78 is 0. The molecule has 0 radical (unpaired) electrons. The highest BCUT2D eigenvalue weighted by molar-refractivity contribution is 5.50. The van der Waals surface area contributed by atoms with Crippen LogP contribution in [-0.2, 0) is 6.42 Å². The van der Waals surface area contributed by atoms with E-state index in [4.69, 9.17) is 0 Å². The molecule has 0 aromatic heterocycles. The van der Waals surface area contributed by atoms with Crippen LogP contribution in [0.25, 0.3) is 0 Å². The molecule has 0 N–H and O–H groups in total. The maximum Gasteiger partial charge on any atom is 0.00951 e. The van der Waals surface area contributed by atoms with Gasteiger partial charge in [0.15, 0.2) is 0 Å². The molecule has 0 nitrogen and oxygen atoms in total. The highest BCUT2D eigenvalue weighted by Crippen LogP contribution is 2.40. The zero-order valence-electron chi connectivity index (χ0n) is 18.5. The standard InChI is InChI=1S/C28H40/c1-4-6-7-8-13-23(12-5-2)14-11-17-27-26-16-10-9-15-24(26)21-25-19-18-22(3)20-28(25)27/h9-10,15-16,18-20,23,27H,4-8,11-14,17,21H2,1-3H3. The summed E-state index contributed by atoms with van der Waals surface area (Å²) in [7, 11) is 0. The summed E-state index contributed by atoms with van der Waals surface area (Å²) in [6, 6.07) is 16.3. The number of hydrogen-bond acceptors (Lipinski definition) is 0. The van der Waals surface area contributed by atoms with Crippen LogP contribution in [0.15, 0.2) is 42.5 Å². The van der Waals surface area contributed by atoms with Crippen LogP contribution in [0.2, 0.25) is 0 Å². The molecule has 2 aromatic rings. The van der Waals surface area contributed by atoms with E-state index in [2.05, 4.69) is 63.2 Å². The Kier molecular flexibility index (Phi) is 8.19. The van der Waals surface area contributed by atoms with E-state index in [9.17, 15) is 0 Å². The molecule has 152 valence electrons. The fourth-order valence-electron chi connectivity index (χ4n) is 5.23. The molecule has 2 unspecified atom stereocenters. The second-order valence-corrected chi connectivity index (χ2v) is 9.07. The first kappa shape index (κ1) is 21.2. The summed E-state index contributed by atoms with van der Waals surface area (Å²) in [6.45, 7) is 6.91. The first-order valence-electron chi connectivity index (χ1n) is 11.9. The van der Waals surface area contributed by atoms with Crippen LogP contribution in [0, 0.1) is 12.8 Å². The van der Waals surface area contributed by atoms with Gasteiger partial charge in [0.25, 0.3) is 0 Å². The topological polar surface area (TPSA) is 0 Å². The van der Waals surface area contributed by atoms with Crippen LogP contribution < -0.4 is 0 Å². The molecule has 0 heteroatoms. The average molecular weight is 377 g/mol. The first-order valence-corrected chi connectivity index (χ1v) is 11.9. The van der Waals surface area contributed by atoms with Crippen LogP contribution in [0.3, 0.4) is 0 Å². The van der Waals surface area contributed by atoms with E-state index in [1.165, 1.54) is 69.8 Å². The van der Waals surface area contributed by atoms with Gasteiger partial charge in [-0.2, -0.15) is 0 Å². The van der Waals surface area contributed by atoms with E-state index in [0.717, 1.165) is 12.3 Å². The first-order chi connectivity index (χ1) is 13.7. The number of benzene rings is 2. The molecule has 0 saturated heterocycles. The van der Waals surface area contributed by atoms with Crippen molar-refractivity contribution in [2.75, 3.05) is 0 Å². The second kappa shape index (κ2) is 10.8. The predicted octanol–water partition coefficient (Wildman–Crippen LogP) is 8.59. The smallest absolute Gasteiger partial charge is 0.00951 e. The van der Waals surface area contributed by atoms with Gasteiger partial charge in [-0.05, 0) is 47.9 Å². The van der Waals surface area contributed by atoms with Gasteiger partial charge in [0, 0.05) is 5.92 Å². The molecular formula is C28H40. The van der Waals surface area contributed by atoms with E-state index in [-0.39, 0.29) is 0 Å². The molecule has 2 aromatic carbocycles. The normalized spacial score (nSPS) is 16.5. The summed E-state index contributed by atoms with van der Waals surface area (Å²) in [5.41, 5.74) is 7.71. The van der Waals surface area contributed by atoms with Crippen LogP contribution in [-0.4, -0.2) is 0 Å². The van der Waals surface area contributed by atoms with Crippen molar-refractivity contribution in [1.29, 1.82) is 0 Å². The number of rotatable bonds is 11. The molecule has 0 heterocycles. The summed E-state index contributed by atoms with van der Waals surface area (Å²) in [6.07, 6.45) is 15.0. The van der Waals surface area contributed by atoms with Gasteiger partial charge in [0.1, 0.15) is 0 Å². The number of aryl methyl sites for hydroxylation is 1. The monoisotopic (exact) mass is 376 g/mol. The third-order valence-corrected chi connectivity index (χ3v) is 6.76.